The summed E-state index contributed by atoms with van der Waals surface area (Å²) in [5, 5.41) is 7.26. The van der Waals surface area contributed by atoms with E-state index in [1.54, 1.807) is 25.1 Å². The van der Waals surface area contributed by atoms with Crippen LogP contribution in [0.15, 0.2) is 48.5 Å². The molecule has 2 aromatic carbocycles. The number of ether oxygens (including phenoxy) is 2. The van der Waals surface area contributed by atoms with E-state index in [0.717, 1.165) is 10.5 Å². The van der Waals surface area contributed by atoms with Gasteiger partial charge in [0.15, 0.2) is 11.5 Å². The highest BCUT2D eigenvalue weighted by Crippen LogP contribution is 2.34. The van der Waals surface area contributed by atoms with E-state index >= 15 is 0 Å². The summed E-state index contributed by atoms with van der Waals surface area (Å²) in [5.41, 5.74) is 0.303. The number of amides is 6. The molecule has 0 aromatic heterocycles. The summed E-state index contributed by atoms with van der Waals surface area (Å²) in [6.07, 6.45) is 0.964. The van der Waals surface area contributed by atoms with Gasteiger partial charge in [-0.15, -0.1) is 0 Å². The quantitative estimate of drug-likeness (QED) is 0.593. The minimum absolute atomic E-state index is 0.0969. The standard InChI is InChI=1S/C22H22N4O6/c1-22(10-9-14-5-3-2-4-6-14)19(28)26(21(30)25-22)12-18(27)24-20(29)23-15-7-8-16-17(11-15)32-13-31-16/h2-8,11H,9-10,12-13H2,1H3,(H,25,30)(H2,23,24,27,29). The van der Waals surface area contributed by atoms with Gasteiger partial charge in [-0.1, -0.05) is 30.3 Å². The molecule has 4 rings (SSSR count). The molecule has 166 valence electrons. The largest absolute Gasteiger partial charge is 0.454 e. The second kappa shape index (κ2) is 8.58. The second-order valence-corrected chi connectivity index (χ2v) is 7.71. The zero-order chi connectivity index (χ0) is 22.7. The molecule has 1 unspecified atom stereocenters. The summed E-state index contributed by atoms with van der Waals surface area (Å²) >= 11 is 0. The molecule has 3 N–H and O–H groups in total. The Morgan fingerprint density at radius 1 is 1.09 bits per heavy atom. The van der Waals surface area contributed by atoms with Gasteiger partial charge in [0.2, 0.25) is 12.7 Å². The van der Waals surface area contributed by atoms with Gasteiger partial charge in [0.25, 0.3) is 5.91 Å². The summed E-state index contributed by atoms with van der Waals surface area (Å²) in [4.78, 5) is 50.4. The van der Waals surface area contributed by atoms with Crippen LogP contribution in [0.4, 0.5) is 15.3 Å². The molecule has 0 spiro atoms. The summed E-state index contributed by atoms with van der Waals surface area (Å²) in [5.74, 6) is -0.270. The highest BCUT2D eigenvalue weighted by molar-refractivity contribution is 6.10. The Morgan fingerprint density at radius 3 is 2.62 bits per heavy atom. The van der Waals surface area contributed by atoms with Crippen LogP contribution < -0.4 is 25.4 Å². The molecule has 6 amide bonds. The van der Waals surface area contributed by atoms with Gasteiger partial charge in [-0.25, -0.2) is 9.59 Å². The summed E-state index contributed by atoms with van der Waals surface area (Å²) in [6.45, 7) is 1.15. The van der Waals surface area contributed by atoms with Crippen molar-refractivity contribution >= 4 is 29.6 Å². The number of hydrogen-bond donors (Lipinski definition) is 3. The van der Waals surface area contributed by atoms with Crippen molar-refractivity contribution in [2.75, 3.05) is 18.7 Å². The van der Waals surface area contributed by atoms with Crippen molar-refractivity contribution in [1.29, 1.82) is 0 Å². The lowest BCUT2D eigenvalue weighted by atomic mass is 9.93. The Morgan fingerprint density at radius 2 is 1.84 bits per heavy atom. The van der Waals surface area contributed by atoms with Gasteiger partial charge in [-0.2, -0.15) is 0 Å². The van der Waals surface area contributed by atoms with E-state index in [2.05, 4.69) is 16.0 Å². The molecule has 1 fully saturated rings. The molecule has 2 aliphatic rings. The summed E-state index contributed by atoms with van der Waals surface area (Å²) < 4.78 is 10.4. The maximum absolute atomic E-state index is 12.8. The average Bonchev–Trinajstić information content (AvgIpc) is 3.31. The van der Waals surface area contributed by atoms with Crippen LogP contribution in [0.2, 0.25) is 0 Å². The number of fused-ring (bicyclic) bond motifs is 1. The molecule has 0 saturated carbocycles. The third-order valence-corrected chi connectivity index (χ3v) is 5.29. The minimum Gasteiger partial charge on any atom is -0.454 e. The smallest absolute Gasteiger partial charge is 0.325 e. The third-order valence-electron chi connectivity index (χ3n) is 5.29. The van der Waals surface area contributed by atoms with E-state index < -0.39 is 36.0 Å². The molecule has 0 bridgehead atoms. The number of imide groups is 2. The van der Waals surface area contributed by atoms with Crippen LogP contribution in [0.1, 0.15) is 18.9 Å². The minimum atomic E-state index is -1.12. The number of urea groups is 2. The molecule has 2 aromatic rings. The first-order chi connectivity index (χ1) is 15.3. The number of benzene rings is 2. The van der Waals surface area contributed by atoms with E-state index in [0.29, 0.717) is 30.0 Å². The number of anilines is 1. The number of nitrogens with one attached hydrogen (secondary N) is 3. The average molecular weight is 438 g/mol. The van der Waals surface area contributed by atoms with Crippen molar-refractivity contribution in [3.8, 4) is 11.5 Å². The highest BCUT2D eigenvalue weighted by atomic mass is 16.7. The number of aryl methyl sites for hydroxylation is 1. The van der Waals surface area contributed by atoms with Crippen LogP contribution in [0, 0.1) is 0 Å². The molecule has 32 heavy (non-hydrogen) atoms. The fraction of sp³-hybridized carbons (Fsp3) is 0.273. The van der Waals surface area contributed by atoms with Crippen LogP contribution in [0.25, 0.3) is 0 Å². The molecular weight excluding hydrogens is 416 g/mol. The first kappa shape index (κ1) is 21.2. The van der Waals surface area contributed by atoms with Gasteiger partial charge < -0.3 is 20.1 Å². The highest BCUT2D eigenvalue weighted by Gasteiger charge is 2.47. The Bertz CT molecular complexity index is 1070. The van der Waals surface area contributed by atoms with Gasteiger partial charge in [0.1, 0.15) is 12.1 Å². The van der Waals surface area contributed by atoms with Crippen molar-refractivity contribution in [3.05, 3.63) is 54.1 Å². The second-order valence-electron chi connectivity index (χ2n) is 7.71. The number of nitrogens with zero attached hydrogens (tertiary/aromatic N) is 1. The monoisotopic (exact) mass is 438 g/mol. The Hall–Kier alpha value is -4.08. The predicted molar refractivity (Wildman–Crippen MR) is 113 cm³/mol. The lowest BCUT2D eigenvalue weighted by molar-refractivity contribution is -0.134. The SMILES string of the molecule is CC1(CCc2ccccc2)NC(=O)N(CC(=O)NC(=O)Nc2ccc3c(c2)OCO3)C1=O. The van der Waals surface area contributed by atoms with E-state index in [4.69, 9.17) is 9.47 Å². The Labute approximate surface area is 183 Å². The van der Waals surface area contributed by atoms with E-state index in [1.807, 2.05) is 30.3 Å². The van der Waals surface area contributed by atoms with Crippen molar-refractivity contribution in [3.63, 3.8) is 0 Å². The zero-order valence-electron chi connectivity index (χ0n) is 17.3. The van der Waals surface area contributed by atoms with Gasteiger partial charge in [0, 0.05) is 11.8 Å². The molecular formula is C22H22N4O6. The fourth-order valence-corrected chi connectivity index (χ4v) is 3.55. The molecule has 2 aliphatic heterocycles. The topological polar surface area (TPSA) is 126 Å². The lowest BCUT2D eigenvalue weighted by Gasteiger charge is -2.21. The number of carbonyl (C=O) groups excluding carboxylic acids is 4. The summed E-state index contributed by atoms with van der Waals surface area (Å²) in [6, 6.07) is 12.9. The maximum atomic E-state index is 12.8. The summed E-state index contributed by atoms with van der Waals surface area (Å²) in [7, 11) is 0. The molecule has 0 aliphatic carbocycles. The number of hydrogen-bond acceptors (Lipinski definition) is 6. The van der Waals surface area contributed by atoms with E-state index in [9.17, 15) is 19.2 Å². The molecule has 0 radical (unpaired) electrons. The van der Waals surface area contributed by atoms with Crippen molar-refractivity contribution in [1.82, 2.24) is 15.5 Å². The van der Waals surface area contributed by atoms with Crippen molar-refractivity contribution in [2.24, 2.45) is 0 Å². The van der Waals surface area contributed by atoms with Crippen LogP contribution in [-0.2, 0) is 16.0 Å². The van der Waals surface area contributed by atoms with Crippen LogP contribution >= 0.6 is 0 Å². The van der Waals surface area contributed by atoms with Crippen molar-refractivity contribution in [2.45, 2.75) is 25.3 Å². The molecule has 2 heterocycles. The Kier molecular flexibility index (Phi) is 5.67. The van der Waals surface area contributed by atoms with E-state index in [-0.39, 0.29) is 6.79 Å². The van der Waals surface area contributed by atoms with Crippen LogP contribution in [0.5, 0.6) is 11.5 Å². The molecule has 1 atom stereocenters. The Balaban J connectivity index is 1.31. The first-order valence-electron chi connectivity index (χ1n) is 10.0. The molecule has 10 nitrogen and oxygen atoms in total. The molecule has 1 saturated heterocycles. The zero-order valence-corrected chi connectivity index (χ0v) is 17.3. The fourth-order valence-electron chi connectivity index (χ4n) is 3.55. The predicted octanol–water partition coefficient (Wildman–Crippen LogP) is 2.01. The number of carbonyl (C=O) groups is 4. The maximum Gasteiger partial charge on any atom is 0.325 e. The first-order valence-corrected chi connectivity index (χ1v) is 10.0. The van der Waals surface area contributed by atoms with Crippen molar-refractivity contribution < 1.29 is 28.7 Å². The normalized spacial score (nSPS) is 19.0. The van der Waals surface area contributed by atoms with Crippen LogP contribution in [-0.4, -0.2) is 47.7 Å². The number of rotatable bonds is 6. The lowest BCUT2D eigenvalue weighted by Crippen LogP contribution is -2.46. The van der Waals surface area contributed by atoms with Crippen LogP contribution in [0.3, 0.4) is 0 Å². The van der Waals surface area contributed by atoms with Gasteiger partial charge >= 0.3 is 12.1 Å². The van der Waals surface area contributed by atoms with Gasteiger partial charge in [0.05, 0.1) is 0 Å². The van der Waals surface area contributed by atoms with Gasteiger partial charge in [-0.05, 0) is 37.5 Å². The third kappa shape index (κ3) is 4.48. The molecule has 10 heteroatoms. The van der Waals surface area contributed by atoms with Gasteiger partial charge in [-0.3, -0.25) is 19.8 Å². The van der Waals surface area contributed by atoms with E-state index in [1.165, 1.54) is 0 Å².